The van der Waals surface area contributed by atoms with Crippen molar-refractivity contribution in [1.29, 1.82) is 0 Å². The van der Waals surface area contributed by atoms with Crippen LogP contribution in [0.4, 0.5) is 0 Å². The van der Waals surface area contributed by atoms with Crippen LogP contribution in [0.3, 0.4) is 0 Å². The molecule has 0 aliphatic carbocycles. The van der Waals surface area contributed by atoms with Crippen LogP contribution in [0.15, 0.2) is 48.5 Å². The van der Waals surface area contributed by atoms with E-state index in [1.807, 2.05) is 36.4 Å². The van der Waals surface area contributed by atoms with Gasteiger partial charge in [-0.2, -0.15) is 0 Å². The summed E-state index contributed by atoms with van der Waals surface area (Å²) in [5.74, 6) is 0.924. The van der Waals surface area contributed by atoms with E-state index >= 15 is 0 Å². The molecular formula is C16H16N2O. The normalized spacial score (nSPS) is 11.1. The molecule has 1 heterocycles. The minimum Gasteiger partial charge on any atom is -0.395 e. The number of fused-ring (bicyclic) bond motifs is 1. The molecule has 0 saturated heterocycles. The van der Waals surface area contributed by atoms with Crippen molar-refractivity contribution in [3.05, 3.63) is 54.1 Å². The number of nitrogens with zero attached hydrogens (tertiary/aromatic N) is 2. The average molecular weight is 252 g/mol. The highest BCUT2D eigenvalue weighted by Crippen LogP contribution is 2.26. The highest BCUT2D eigenvalue weighted by Gasteiger charge is 2.12. The van der Waals surface area contributed by atoms with Crippen LogP contribution < -0.4 is 0 Å². The monoisotopic (exact) mass is 252 g/mol. The largest absolute Gasteiger partial charge is 0.395 e. The quantitative estimate of drug-likeness (QED) is 0.778. The standard InChI is InChI=1S/C16H16N2O/c1-12-6-2-3-7-13(12)16-17-14-8-4-5-9-15(14)18(16)10-11-19/h2-9,19H,10-11H2,1H3. The second kappa shape index (κ2) is 4.86. The highest BCUT2D eigenvalue weighted by molar-refractivity contribution is 5.81. The number of rotatable bonds is 3. The number of hydrogen-bond acceptors (Lipinski definition) is 2. The molecule has 0 saturated carbocycles. The van der Waals surface area contributed by atoms with E-state index < -0.39 is 0 Å². The molecule has 3 nitrogen and oxygen atoms in total. The smallest absolute Gasteiger partial charge is 0.141 e. The molecule has 3 heteroatoms. The molecule has 96 valence electrons. The molecule has 3 aromatic rings. The van der Waals surface area contributed by atoms with Crippen LogP contribution in [0.1, 0.15) is 5.56 Å². The molecule has 0 radical (unpaired) electrons. The predicted molar refractivity (Wildman–Crippen MR) is 77.0 cm³/mol. The Morgan fingerprint density at radius 2 is 1.79 bits per heavy atom. The van der Waals surface area contributed by atoms with Gasteiger partial charge in [0.15, 0.2) is 0 Å². The molecule has 1 N–H and O–H groups in total. The molecule has 3 rings (SSSR count). The van der Waals surface area contributed by atoms with Crippen LogP contribution in [0, 0.1) is 6.92 Å². The Morgan fingerprint density at radius 3 is 2.58 bits per heavy atom. The number of aryl methyl sites for hydroxylation is 1. The molecule has 0 amide bonds. The van der Waals surface area contributed by atoms with E-state index in [9.17, 15) is 5.11 Å². The lowest BCUT2D eigenvalue weighted by molar-refractivity contribution is 0.278. The van der Waals surface area contributed by atoms with Crippen molar-refractivity contribution < 1.29 is 5.11 Å². The zero-order valence-corrected chi connectivity index (χ0v) is 10.9. The van der Waals surface area contributed by atoms with Gasteiger partial charge in [-0.15, -0.1) is 0 Å². The number of imidazole rings is 1. The maximum atomic E-state index is 9.29. The van der Waals surface area contributed by atoms with Gasteiger partial charge in [-0.1, -0.05) is 36.4 Å². The fraction of sp³-hybridized carbons (Fsp3) is 0.188. The van der Waals surface area contributed by atoms with Gasteiger partial charge in [0.2, 0.25) is 0 Å². The van der Waals surface area contributed by atoms with E-state index in [0.717, 1.165) is 22.4 Å². The molecule has 0 unspecified atom stereocenters. The number of aliphatic hydroxyl groups is 1. The number of para-hydroxylation sites is 2. The van der Waals surface area contributed by atoms with Gasteiger partial charge in [0, 0.05) is 12.1 Å². The van der Waals surface area contributed by atoms with Crippen molar-refractivity contribution in [3.63, 3.8) is 0 Å². The summed E-state index contributed by atoms with van der Waals surface area (Å²) in [5, 5.41) is 9.29. The minimum atomic E-state index is 0.110. The number of aliphatic hydroxyl groups excluding tert-OH is 1. The van der Waals surface area contributed by atoms with Gasteiger partial charge in [-0.05, 0) is 24.6 Å². The Morgan fingerprint density at radius 1 is 1.05 bits per heavy atom. The highest BCUT2D eigenvalue weighted by atomic mass is 16.3. The second-order valence-corrected chi connectivity index (χ2v) is 4.61. The summed E-state index contributed by atoms with van der Waals surface area (Å²) in [5.41, 5.74) is 4.34. The van der Waals surface area contributed by atoms with Gasteiger partial charge in [-0.3, -0.25) is 0 Å². The predicted octanol–water partition coefficient (Wildman–Crippen LogP) is 3.00. The van der Waals surface area contributed by atoms with Crippen molar-refractivity contribution in [2.75, 3.05) is 6.61 Å². The van der Waals surface area contributed by atoms with Crippen molar-refractivity contribution in [3.8, 4) is 11.4 Å². The molecule has 0 atom stereocenters. The van der Waals surface area contributed by atoms with Crippen LogP contribution in [0.25, 0.3) is 22.4 Å². The summed E-state index contributed by atoms with van der Waals surface area (Å²) in [6, 6.07) is 16.2. The summed E-state index contributed by atoms with van der Waals surface area (Å²) in [4.78, 5) is 4.71. The Bertz CT molecular complexity index is 716. The molecule has 19 heavy (non-hydrogen) atoms. The van der Waals surface area contributed by atoms with Gasteiger partial charge in [0.25, 0.3) is 0 Å². The number of benzene rings is 2. The van der Waals surface area contributed by atoms with E-state index in [2.05, 4.69) is 23.6 Å². The maximum absolute atomic E-state index is 9.29. The molecule has 0 spiro atoms. The van der Waals surface area contributed by atoms with Crippen LogP contribution in [-0.2, 0) is 6.54 Å². The first kappa shape index (κ1) is 11.9. The molecule has 0 aliphatic heterocycles. The van der Waals surface area contributed by atoms with E-state index in [0.29, 0.717) is 6.54 Å². The van der Waals surface area contributed by atoms with Crippen LogP contribution in [-0.4, -0.2) is 21.3 Å². The summed E-state index contributed by atoms with van der Waals surface area (Å²) in [7, 11) is 0. The SMILES string of the molecule is Cc1ccccc1-c1nc2ccccc2n1CCO. The Kier molecular flexibility index (Phi) is 3.05. The zero-order chi connectivity index (χ0) is 13.2. The van der Waals surface area contributed by atoms with Gasteiger partial charge < -0.3 is 9.67 Å². The zero-order valence-electron chi connectivity index (χ0n) is 10.9. The van der Waals surface area contributed by atoms with Crippen LogP contribution in [0.2, 0.25) is 0 Å². The lowest BCUT2D eigenvalue weighted by Gasteiger charge is -2.09. The Hall–Kier alpha value is -2.13. The van der Waals surface area contributed by atoms with E-state index in [1.54, 1.807) is 0 Å². The summed E-state index contributed by atoms with van der Waals surface area (Å²) < 4.78 is 2.08. The van der Waals surface area contributed by atoms with Crippen LogP contribution in [0.5, 0.6) is 0 Å². The van der Waals surface area contributed by atoms with E-state index in [1.165, 1.54) is 5.56 Å². The molecule has 0 bridgehead atoms. The molecule has 2 aromatic carbocycles. The molecule has 0 aliphatic rings. The third kappa shape index (κ3) is 2.02. The summed E-state index contributed by atoms with van der Waals surface area (Å²) >= 11 is 0. The average Bonchev–Trinajstić information content (AvgIpc) is 2.79. The lowest BCUT2D eigenvalue weighted by atomic mass is 10.1. The second-order valence-electron chi connectivity index (χ2n) is 4.61. The van der Waals surface area contributed by atoms with E-state index in [-0.39, 0.29) is 6.61 Å². The first-order valence-electron chi connectivity index (χ1n) is 6.43. The topological polar surface area (TPSA) is 38.0 Å². The Balaban J connectivity index is 2.28. The molecule has 0 fully saturated rings. The number of hydrogen-bond donors (Lipinski definition) is 1. The first-order chi connectivity index (χ1) is 9.31. The first-order valence-corrected chi connectivity index (χ1v) is 6.43. The molecule has 1 aromatic heterocycles. The summed E-state index contributed by atoms with van der Waals surface area (Å²) in [6.45, 7) is 2.75. The van der Waals surface area contributed by atoms with Crippen molar-refractivity contribution >= 4 is 11.0 Å². The fourth-order valence-electron chi connectivity index (χ4n) is 2.43. The third-order valence-corrected chi connectivity index (χ3v) is 3.36. The third-order valence-electron chi connectivity index (χ3n) is 3.36. The van der Waals surface area contributed by atoms with Gasteiger partial charge >= 0.3 is 0 Å². The van der Waals surface area contributed by atoms with Gasteiger partial charge in [0.1, 0.15) is 5.82 Å². The van der Waals surface area contributed by atoms with Crippen molar-refractivity contribution in [1.82, 2.24) is 9.55 Å². The van der Waals surface area contributed by atoms with Crippen molar-refractivity contribution in [2.45, 2.75) is 13.5 Å². The lowest BCUT2D eigenvalue weighted by Crippen LogP contribution is -2.04. The van der Waals surface area contributed by atoms with Gasteiger partial charge in [0.05, 0.1) is 17.6 Å². The molecular weight excluding hydrogens is 236 g/mol. The fourth-order valence-corrected chi connectivity index (χ4v) is 2.43. The van der Waals surface area contributed by atoms with Crippen LogP contribution >= 0.6 is 0 Å². The minimum absolute atomic E-state index is 0.110. The van der Waals surface area contributed by atoms with E-state index in [4.69, 9.17) is 4.98 Å². The van der Waals surface area contributed by atoms with Crippen molar-refractivity contribution in [2.24, 2.45) is 0 Å². The maximum Gasteiger partial charge on any atom is 0.141 e. The Labute approximate surface area is 112 Å². The summed E-state index contributed by atoms with van der Waals surface area (Å²) in [6.07, 6.45) is 0. The number of aromatic nitrogens is 2. The van der Waals surface area contributed by atoms with Gasteiger partial charge in [-0.25, -0.2) is 4.98 Å².